The van der Waals surface area contributed by atoms with Gasteiger partial charge in [-0.25, -0.2) is 9.37 Å². The largest absolute Gasteiger partial charge is 0.396 e. The van der Waals surface area contributed by atoms with E-state index in [2.05, 4.69) is 16.8 Å². The molecular weight excluding hydrogens is 207 g/mol. The summed E-state index contributed by atoms with van der Waals surface area (Å²) in [4.78, 5) is 6.23. The summed E-state index contributed by atoms with van der Waals surface area (Å²) in [6.45, 7) is 3.22. The summed E-state index contributed by atoms with van der Waals surface area (Å²) >= 11 is 0. The summed E-state index contributed by atoms with van der Waals surface area (Å²) in [7, 11) is 0. The molecule has 2 unspecified atom stereocenters. The smallest absolute Gasteiger partial charge is 0.141 e. The van der Waals surface area contributed by atoms with Crippen LogP contribution in [0.25, 0.3) is 0 Å². The number of aliphatic hydroxyl groups excluding tert-OH is 1. The van der Waals surface area contributed by atoms with Gasteiger partial charge in [0.05, 0.1) is 6.20 Å². The summed E-state index contributed by atoms with van der Waals surface area (Å²) in [5, 5.41) is 9.26. The van der Waals surface area contributed by atoms with Crippen LogP contribution >= 0.6 is 0 Å². The lowest BCUT2D eigenvalue weighted by Crippen LogP contribution is -2.45. The predicted octanol–water partition coefficient (Wildman–Crippen LogP) is 1.82. The molecule has 2 rings (SSSR count). The fraction of sp³-hybridized carbons (Fsp3) is 0.583. The standard InChI is InChI=1S/C12H17FN2O/c1-9-10(8-16)3-2-6-15(9)12-5-4-11(13)7-14-12/h4-5,7,9-10,16H,2-3,6,8H2,1H3. The highest BCUT2D eigenvalue weighted by Crippen LogP contribution is 2.26. The predicted molar refractivity (Wildman–Crippen MR) is 60.8 cm³/mol. The Labute approximate surface area is 94.9 Å². The molecular formula is C12H17FN2O. The van der Waals surface area contributed by atoms with Gasteiger partial charge in [-0.2, -0.15) is 0 Å². The molecule has 0 spiro atoms. The molecule has 2 atom stereocenters. The third-order valence-electron chi connectivity index (χ3n) is 3.39. The van der Waals surface area contributed by atoms with E-state index >= 15 is 0 Å². The summed E-state index contributed by atoms with van der Waals surface area (Å²) < 4.78 is 12.8. The SMILES string of the molecule is CC1C(CO)CCCN1c1ccc(F)cn1. The van der Waals surface area contributed by atoms with Gasteiger partial charge >= 0.3 is 0 Å². The number of halogens is 1. The minimum Gasteiger partial charge on any atom is -0.396 e. The number of anilines is 1. The summed E-state index contributed by atoms with van der Waals surface area (Å²) in [5.41, 5.74) is 0. The van der Waals surface area contributed by atoms with Crippen LogP contribution in [0.5, 0.6) is 0 Å². The average Bonchev–Trinajstić information content (AvgIpc) is 2.31. The van der Waals surface area contributed by atoms with Crippen molar-refractivity contribution in [1.82, 2.24) is 4.98 Å². The van der Waals surface area contributed by atoms with Gasteiger partial charge in [0.25, 0.3) is 0 Å². The van der Waals surface area contributed by atoms with E-state index in [1.165, 1.54) is 12.3 Å². The van der Waals surface area contributed by atoms with E-state index in [9.17, 15) is 9.50 Å². The fourth-order valence-corrected chi connectivity index (χ4v) is 2.33. The number of pyridine rings is 1. The Kier molecular flexibility index (Phi) is 3.39. The Morgan fingerprint density at radius 2 is 2.38 bits per heavy atom. The molecule has 0 amide bonds. The highest BCUT2D eigenvalue weighted by molar-refractivity contribution is 5.40. The second-order valence-corrected chi connectivity index (χ2v) is 4.35. The minimum atomic E-state index is -0.313. The zero-order valence-corrected chi connectivity index (χ0v) is 9.43. The second kappa shape index (κ2) is 4.78. The Balaban J connectivity index is 2.16. The molecule has 4 heteroatoms. The molecule has 0 aliphatic carbocycles. The molecule has 0 bridgehead atoms. The first-order valence-corrected chi connectivity index (χ1v) is 5.71. The molecule has 1 aliphatic rings. The molecule has 0 saturated carbocycles. The third-order valence-corrected chi connectivity index (χ3v) is 3.39. The van der Waals surface area contributed by atoms with Crippen LogP contribution in [-0.2, 0) is 0 Å². The zero-order chi connectivity index (χ0) is 11.5. The topological polar surface area (TPSA) is 36.4 Å². The molecule has 1 N–H and O–H groups in total. The molecule has 1 aromatic heterocycles. The summed E-state index contributed by atoms with van der Waals surface area (Å²) in [6.07, 6.45) is 3.34. The Hall–Kier alpha value is -1.16. The maximum absolute atomic E-state index is 12.8. The van der Waals surface area contributed by atoms with Gasteiger partial charge in [-0.1, -0.05) is 0 Å². The molecule has 88 valence electrons. The molecule has 1 aromatic rings. The molecule has 1 fully saturated rings. The van der Waals surface area contributed by atoms with E-state index in [-0.39, 0.29) is 18.5 Å². The van der Waals surface area contributed by atoms with Crippen molar-refractivity contribution in [1.29, 1.82) is 0 Å². The van der Waals surface area contributed by atoms with Crippen LogP contribution in [0.4, 0.5) is 10.2 Å². The lowest BCUT2D eigenvalue weighted by molar-refractivity contribution is 0.181. The number of aliphatic hydroxyl groups is 1. The third kappa shape index (κ3) is 2.16. The van der Waals surface area contributed by atoms with Gasteiger partial charge in [-0.3, -0.25) is 0 Å². The van der Waals surface area contributed by atoms with Crippen LogP contribution in [0.1, 0.15) is 19.8 Å². The fourth-order valence-electron chi connectivity index (χ4n) is 2.33. The number of aromatic nitrogens is 1. The van der Waals surface area contributed by atoms with Crippen LogP contribution in [0, 0.1) is 11.7 Å². The van der Waals surface area contributed by atoms with Crippen molar-refractivity contribution in [2.24, 2.45) is 5.92 Å². The first-order valence-electron chi connectivity index (χ1n) is 5.71. The van der Waals surface area contributed by atoms with E-state index in [1.54, 1.807) is 6.07 Å². The highest BCUT2D eigenvalue weighted by Gasteiger charge is 2.27. The Bertz CT molecular complexity index is 341. The number of hydrogen-bond donors (Lipinski definition) is 1. The van der Waals surface area contributed by atoms with Crippen molar-refractivity contribution < 1.29 is 9.50 Å². The van der Waals surface area contributed by atoms with Gasteiger partial charge < -0.3 is 10.0 Å². The van der Waals surface area contributed by atoms with Crippen LogP contribution in [-0.4, -0.2) is 29.3 Å². The van der Waals surface area contributed by atoms with Crippen molar-refractivity contribution in [3.8, 4) is 0 Å². The lowest BCUT2D eigenvalue weighted by Gasteiger charge is -2.39. The van der Waals surface area contributed by atoms with Crippen molar-refractivity contribution in [3.05, 3.63) is 24.1 Å². The first kappa shape index (κ1) is 11.3. The van der Waals surface area contributed by atoms with E-state index in [0.717, 1.165) is 25.2 Å². The van der Waals surface area contributed by atoms with Crippen LogP contribution < -0.4 is 4.90 Å². The van der Waals surface area contributed by atoms with Gasteiger partial charge in [0, 0.05) is 25.1 Å². The van der Waals surface area contributed by atoms with E-state index in [1.807, 2.05) is 0 Å². The van der Waals surface area contributed by atoms with Crippen LogP contribution in [0.3, 0.4) is 0 Å². The molecule has 3 nitrogen and oxygen atoms in total. The van der Waals surface area contributed by atoms with Crippen LogP contribution in [0.15, 0.2) is 18.3 Å². The number of rotatable bonds is 2. The molecule has 1 saturated heterocycles. The molecule has 1 aliphatic heterocycles. The summed E-state index contributed by atoms with van der Waals surface area (Å²) in [6, 6.07) is 3.39. The molecule has 16 heavy (non-hydrogen) atoms. The monoisotopic (exact) mass is 224 g/mol. The normalized spacial score (nSPS) is 25.8. The number of piperidine rings is 1. The van der Waals surface area contributed by atoms with Crippen molar-refractivity contribution >= 4 is 5.82 Å². The molecule has 0 aromatic carbocycles. The van der Waals surface area contributed by atoms with Gasteiger partial charge in [0.2, 0.25) is 0 Å². The zero-order valence-electron chi connectivity index (χ0n) is 9.43. The molecule has 2 heterocycles. The first-order chi connectivity index (χ1) is 7.72. The van der Waals surface area contributed by atoms with Gasteiger partial charge in [-0.05, 0) is 31.9 Å². The summed E-state index contributed by atoms with van der Waals surface area (Å²) in [5.74, 6) is 0.778. The maximum atomic E-state index is 12.8. The van der Waals surface area contributed by atoms with Crippen LogP contribution in [0.2, 0.25) is 0 Å². The lowest BCUT2D eigenvalue weighted by atomic mass is 9.91. The van der Waals surface area contributed by atoms with E-state index in [0.29, 0.717) is 5.92 Å². The Morgan fingerprint density at radius 3 is 3.00 bits per heavy atom. The van der Waals surface area contributed by atoms with E-state index in [4.69, 9.17) is 0 Å². The minimum absolute atomic E-state index is 0.207. The quantitative estimate of drug-likeness (QED) is 0.832. The number of nitrogens with zero attached hydrogens (tertiary/aromatic N) is 2. The van der Waals surface area contributed by atoms with Crippen molar-refractivity contribution in [2.45, 2.75) is 25.8 Å². The maximum Gasteiger partial charge on any atom is 0.141 e. The molecule has 0 radical (unpaired) electrons. The number of hydrogen-bond acceptors (Lipinski definition) is 3. The van der Waals surface area contributed by atoms with Gasteiger partial charge in [0.15, 0.2) is 0 Å². The van der Waals surface area contributed by atoms with E-state index < -0.39 is 0 Å². The van der Waals surface area contributed by atoms with Crippen molar-refractivity contribution in [3.63, 3.8) is 0 Å². The second-order valence-electron chi connectivity index (χ2n) is 4.35. The van der Waals surface area contributed by atoms with Crippen molar-refractivity contribution in [2.75, 3.05) is 18.1 Å². The van der Waals surface area contributed by atoms with Gasteiger partial charge in [-0.15, -0.1) is 0 Å². The highest BCUT2D eigenvalue weighted by atomic mass is 19.1. The Morgan fingerprint density at radius 1 is 1.56 bits per heavy atom. The average molecular weight is 224 g/mol. The van der Waals surface area contributed by atoms with Gasteiger partial charge in [0.1, 0.15) is 11.6 Å².